The van der Waals surface area contributed by atoms with Gasteiger partial charge in [-0.05, 0) is 71.3 Å². The minimum Gasteiger partial charge on any atom is -0.497 e. The van der Waals surface area contributed by atoms with Crippen molar-refractivity contribution in [3.05, 3.63) is 132 Å². The standard InChI is InChI=1S/C35H38N4O3/c1-37(2)32-10-6-13-35(24-32)42-21-20-41-27-30-9-4-11-33(22-30)38(26-29-8-5-12-34(23-29)40-3)25-28-14-16-31(17-15-28)39-19-7-18-36-39/h4-19,22-24H,20-21,25-27H2,1-3H3. The lowest BCUT2D eigenvalue weighted by Gasteiger charge is -2.26. The molecule has 0 saturated heterocycles. The zero-order chi connectivity index (χ0) is 29.1. The average molecular weight is 563 g/mol. The van der Waals surface area contributed by atoms with Crippen molar-refractivity contribution in [3.63, 3.8) is 0 Å². The Bertz CT molecular complexity index is 1530. The van der Waals surface area contributed by atoms with Gasteiger partial charge in [-0.2, -0.15) is 5.10 Å². The maximum Gasteiger partial charge on any atom is 0.121 e. The van der Waals surface area contributed by atoms with Crippen LogP contribution < -0.4 is 19.3 Å². The van der Waals surface area contributed by atoms with Crippen LogP contribution in [0.2, 0.25) is 0 Å². The van der Waals surface area contributed by atoms with Crippen molar-refractivity contribution in [1.82, 2.24) is 9.78 Å². The number of benzene rings is 4. The molecule has 0 unspecified atom stereocenters. The van der Waals surface area contributed by atoms with Gasteiger partial charge in [-0.15, -0.1) is 0 Å². The summed E-state index contributed by atoms with van der Waals surface area (Å²) in [7, 11) is 5.74. The first-order valence-corrected chi connectivity index (χ1v) is 14.1. The van der Waals surface area contributed by atoms with Gasteiger partial charge >= 0.3 is 0 Å². The highest BCUT2D eigenvalue weighted by Gasteiger charge is 2.11. The quantitative estimate of drug-likeness (QED) is 0.140. The number of hydrogen-bond acceptors (Lipinski definition) is 6. The summed E-state index contributed by atoms with van der Waals surface area (Å²) in [5.74, 6) is 1.70. The third-order valence-corrected chi connectivity index (χ3v) is 6.96. The largest absolute Gasteiger partial charge is 0.497 e. The first kappa shape index (κ1) is 28.8. The molecule has 0 fully saturated rings. The molecule has 0 aliphatic carbocycles. The molecule has 0 atom stereocenters. The van der Waals surface area contributed by atoms with Crippen molar-refractivity contribution in [2.24, 2.45) is 0 Å². The maximum absolute atomic E-state index is 5.99. The van der Waals surface area contributed by atoms with Crippen molar-refractivity contribution in [1.29, 1.82) is 0 Å². The molecule has 42 heavy (non-hydrogen) atoms. The fraction of sp³-hybridized carbons (Fsp3) is 0.229. The first-order chi connectivity index (χ1) is 20.6. The summed E-state index contributed by atoms with van der Waals surface area (Å²) in [5.41, 5.74) is 6.79. The minimum absolute atomic E-state index is 0.493. The van der Waals surface area contributed by atoms with Crippen LogP contribution in [0.5, 0.6) is 11.5 Å². The van der Waals surface area contributed by atoms with E-state index in [0.29, 0.717) is 19.8 Å². The van der Waals surface area contributed by atoms with Crippen LogP contribution in [0.3, 0.4) is 0 Å². The SMILES string of the molecule is COc1cccc(CN(Cc2ccc(-n3cccn3)cc2)c2cccc(COCCOc3cccc(N(C)C)c3)c2)c1. The van der Waals surface area contributed by atoms with Crippen molar-refractivity contribution < 1.29 is 14.2 Å². The lowest BCUT2D eigenvalue weighted by molar-refractivity contribution is 0.0889. The highest BCUT2D eigenvalue weighted by atomic mass is 16.5. The van der Waals surface area contributed by atoms with E-state index in [4.69, 9.17) is 14.2 Å². The van der Waals surface area contributed by atoms with Crippen molar-refractivity contribution in [2.45, 2.75) is 19.7 Å². The molecular weight excluding hydrogens is 524 g/mol. The molecule has 0 aliphatic heterocycles. The Morgan fingerprint density at radius 2 is 1.43 bits per heavy atom. The molecule has 7 nitrogen and oxygen atoms in total. The van der Waals surface area contributed by atoms with Crippen LogP contribution in [0.1, 0.15) is 16.7 Å². The smallest absolute Gasteiger partial charge is 0.121 e. The highest BCUT2D eigenvalue weighted by Crippen LogP contribution is 2.24. The van der Waals surface area contributed by atoms with E-state index in [9.17, 15) is 0 Å². The normalized spacial score (nSPS) is 10.8. The summed E-state index contributed by atoms with van der Waals surface area (Å²) in [6.07, 6.45) is 3.74. The highest BCUT2D eigenvalue weighted by molar-refractivity contribution is 5.51. The third-order valence-electron chi connectivity index (χ3n) is 6.96. The second-order valence-corrected chi connectivity index (χ2v) is 10.3. The summed E-state index contributed by atoms with van der Waals surface area (Å²) in [4.78, 5) is 4.44. The van der Waals surface area contributed by atoms with E-state index < -0.39 is 0 Å². The Kier molecular flexibility index (Phi) is 9.75. The Morgan fingerprint density at radius 1 is 0.690 bits per heavy atom. The zero-order valence-corrected chi connectivity index (χ0v) is 24.5. The van der Waals surface area contributed by atoms with Gasteiger partial charge < -0.3 is 24.0 Å². The number of methoxy groups -OCH3 is 1. The second kappa shape index (κ2) is 14.2. The van der Waals surface area contributed by atoms with Gasteiger partial charge in [-0.1, -0.05) is 42.5 Å². The molecule has 5 aromatic rings. The summed E-state index contributed by atoms with van der Waals surface area (Å²) in [6.45, 7) is 3.00. The molecule has 4 aromatic carbocycles. The lowest BCUT2D eigenvalue weighted by Crippen LogP contribution is -2.22. The number of hydrogen-bond donors (Lipinski definition) is 0. The van der Waals surface area contributed by atoms with E-state index in [1.807, 2.05) is 61.4 Å². The number of rotatable bonds is 14. The molecule has 0 saturated carbocycles. The Labute approximate surface area is 248 Å². The molecule has 1 aromatic heterocycles. The van der Waals surface area contributed by atoms with E-state index in [1.165, 1.54) is 11.1 Å². The van der Waals surface area contributed by atoms with Gasteiger partial charge in [0.1, 0.15) is 18.1 Å². The fourth-order valence-electron chi connectivity index (χ4n) is 4.73. The summed E-state index contributed by atoms with van der Waals surface area (Å²) in [6, 6.07) is 35.3. The summed E-state index contributed by atoms with van der Waals surface area (Å²) < 4.78 is 19.2. The number of ether oxygens (including phenoxy) is 3. The van der Waals surface area contributed by atoms with Gasteiger partial charge in [-0.25, -0.2) is 4.68 Å². The van der Waals surface area contributed by atoms with Crippen molar-refractivity contribution in [2.75, 3.05) is 44.2 Å². The molecule has 5 rings (SSSR count). The monoisotopic (exact) mass is 562 g/mol. The molecule has 0 aliphatic rings. The van der Waals surface area contributed by atoms with Gasteiger partial charge in [0.25, 0.3) is 0 Å². The Hall–Kier alpha value is -4.75. The molecule has 7 heteroatoms. The fourth-order valence-corrected chi connectivity index (χ4v) is 4.73. The molecule has 1 heterocycles. The molecule has 0 amide bonds. The Morgan fingerprint density at radius 3 is 2.21 bits per heavy atom. The predicted octanol–water partition coefficient (Wildman–Crippen LogP) is 6.75. The van der Waals surface area contributed by atoms with Crippen LogP contribution in [0.25, 0.3) is 5.69 Å². The number of nitrogens with zero attached hydrogens (tertiary/aromatic N) is 4. The van der Waals surface area contributed by atoms with Crippen LogP contribution in [0, 0.1) is 0 Å². The number of anilines is 2. The average Bonchev–Trinajstić information content (AvgIpc) is 3.57. The van der Waals surface area contributed by atoms with Crippen LogP contribution >= 0.6 is 0 Å². The third kappa shape index (κ3) is 7.92. The Balaban J connectivity index is 1.24. The minimum atomic E-state index is 0.493. The van der Waals surface area contributed by atoms with E-state index in [-0.39, 0.29) is 0 Å². The molecule has 216 valence electrons. The predicted molar refractivity (Wildman–Crippen MR) is 169 cm³/mol. The lowest BCUT2D eigenvalue weighted by atomic mass is 10.1. The maximum atomic E-state index is 5.99. The van der Waals surface area contributed by atoms with E-state index in [0.717, 1.165) is 47.2 Å². The van der Waals surface area contributed by atoms with Gasteiger partial charge in [0, 0.05) is 57.0 Å². The van der Waals surface area contributed by atoms with E-state index >= 15 is 0 Å². The van der Waals surface area contributed by atoms with Crippen molar-refractivity contribution in [3.8, 4) is 17.2 Å². The molecule has 0 N–H and O–H groups in total. The molecule has 0 bridgehead atoms. The number of aromatic nitrogens is 2. The zero-order valence-electron chi connectivity index (χ0n) is 24.5. The van der Waals surface area contributed by atoms with Crippen LogP contribution in [0.15, 0.2) is 116 Å². The van der Waals surface area contributed by atoms with E-state index in [1.54, 1.807) is 13.3 Å². The van der Waals surface area contributed by atoms with Gasteiger partial charge in [-0.3, -0.25) is 0 Å². The summed E-state index contributed by atoms with van der Waals surface area (Å²) in [5, 5.41) is 4.34. The van der Waals surface area contributed by atoms with Crippen LogP contribution in [0.4, 0.5) is 11.4 Å². The van der Waals surface area contributed by atoms with Gasteiger partial charge in [0.15, 0.2) is 0 Å². The van der Waals surface area contributed by atoms with Crippen LogP contribution in [-0.4, -0.2) is 44.2 Å². The molecule has 0 radical (unpaired) electrons. The van der Waals surface area contributed by atoms with Crippen molar-refractivity contribution >= 4 is 11.4 Å². The molecular formula is C35H38N4O3. The van der Waals surface area contributed by atoms with Crippen LogP contribution in [-0.2, 0) is 24.4 Å². The topological polar surface area (TPSA) is 52.0 Å². The van der Waals surface area contributed by atoms with E-state index in [2.05, 4.69) is 81.6 Å². The second-order valence-electron chi connectivity index (χ2n) is 10.3. The van der Waals surface area contributed by atoms with Gasteiger partial charge in [0.05, 0.1) is 26.0 Å². The molecule has 0 spiro atoms. The summed E-state index contributed by atoms with van der Waals surface area (Å²) >= 11 is 0. The van der Waals surface area contributed by atoms with Gasteiger partial charge in [0.2, 0.25) is 0 Å². The first-order valence-electron chi connectivity index (χ1n) is 14.1.